The Morgan fingerprint density at radius 2 is 2.14 bits per heavy atom. The van der Waals surface area contributed by atoms with Crippen LogP contribution in [0, 0.1) is 6.92 Å². The van der Waals surface area contributed by atoms with Gasteiger partial charge in [0.15, 0.2) is 5.84 Å². The van der Waals surface area contributed by atoms with Crippen molar-refractivity contribution in [1.29, 1.82) is 0 Å². The van der Waals surface area contributed by atoms with E-state index in [0.29, 0.717) is 10.9 Å². The molecule has 112 valence electrons. The van der Waals surface area contributed by atoms with Crippen LogP contribution in [-0.2, 0) is 10.0 Å². The summed E-state index contributed by atoms with van der Waals surface area (Å²) >= 11 is 0. The highest BCUT2D eigenvalue weighted by Crippen LogP contribution is 2.24. The molecule has 2 aromatic rings. The van der Waals surface area contributed by atoms with Crippen molar-refractivity contribution in [2.24, 2.45) is 10.9 Å². The lowest BCUT2D eigenvalue weighted by molar-refractivity contribution is 0.316. The van der Waals surface area contributed by atoms with Crippen molar-refractivity contribution in [2.75, 3.05) is 0 Å². The predicted molar refractivity (Wildman–Crippen MR) is 79.7 cm³/mol. The second-order valence-electron chi connectivity index (χ2n) is 4.65. The van der Waals surface area contributed by atoms with Gasteiger partial charge in [0, 0.05) is 11.6 Å². The molecule has 8 heteroatoms. The Hall–Kier alpha value is -2.19. The molecule has 1 atom stereocenters. The Morgan fingerprint density at radius 3 is 2.81 bits per heavy atom. The zero-order valence-electron chi connectivity index (χ0n) is 11.6. The molecule has 0 saturated heterocycles. The van der Waals surface area contributed by atoms with E-state index in [1.165, 1.54) is 13.0 Å². The van der Waals surface area contributed by atoms with E-state index in [-0.39, 0.29) is 10.7 Å². The van der Waals surface area contributed by atoms with E-state index >= 15 is 0 Å². The monoisotopic (exact) mass is 308 g/mol. The maximum Gasteiger partial charge on any atom is 0.241 e. The van der Waals surface area contributed by atoms with Crippen LogP contribution in [0.2, 0.25) is 0 Å². The van der Waals surface area contributed by atoms with Gasteiger partial charge in [-0.2, -0.15) is 0 Å². The lowest BCUT2D eigenvalue weighted by Gasteiger charge is -2.14. The van der Waals surface area contributed by atoms with Crippen molar-refractivity contribution < 1.29 is 13.6 Å². The Bertz CT molecular complexity index is 802. The maximum atomic E-state index is 12.5. The van der Waals surface area contributed by atoms with E-state index in [1.54, 1.807) is 24.4 Å². The minimum Gasteiger partial charge on any atom is -0.409 e. The molecule has 0 saturated carbocycles. The number of nitrogens with two attached hydrogens (primary N) is 1. The number of pyridine rings is 1. The van der Waals surface area contributed by atoms with E-state index in [4.69, 9.17) is 10.9 Å². The zero-order valence-corrected chi connectivity index (χ0v) is 12.4. The first kappa shape index (κ1) is 15.2. The fourth-order valence-electron chi connectivity index (χ4n) is 1.97. The molecule has 1 unspecified atom stereocenters. The van der Waals surface area contributed by atoms with Crippen LogP contribution in [0.1, 0.15) is 12.5 Å². The molecule has 0 bridgehead atoms. The van der Waals surface area contributed by atoms with E-state index in [2.05, 4.69) is 14.9 Å². The first-order valence-electron chi connectivity index (χ1n) is 6.21. The van der Waals surface area contributed by atoms with Gasteiger partial charge in [-0.1, -0.05) is 11.2 Å². The third kappa shape index (κ3) is 2.96. The van der Waals surface area contributed by atoms with Gasteiger partial charge in [0.05, 0.1) is 16.5 Å². The molecule has 0 amide bonds. The molecule has 0 aliphatic carbocycles. The Morgan fingerprint density at radius 1 is 1.43 bits per heavy atom. The number of hydrogen-bond donors (Lipinski definition) is 3. The van der Waals surface area contributed by atoms with E-state index < -0.39 is 16.1 Å². The van der Waals surface area contributed by atoms with Crippen molar-refractivity contribution in [3.05, 3.63) is 36.0 Å². The highest BCUT2D eigenvalue weighted by molar-refractivity contribution is 7.89. The summed E-state index contributed by atoms with van der Waals surface area (Å²) in [5, 5.41) is 11.9. The van der Waals surface area contributed by atoms with E-state index in [0.717, 1.165) is 5.56 Å². The summed E-state index contributed by atoms with van der Waals surface area (Å²) < 4.78 is 27.3. The van der Waals surface area contributed by atoms with Crippen LogP contribution in [0.25, 0.3) is 10.9 Å². The van der Waals surface area contributed by atoms with Crippen LogP contribution >= 0.6 is 0 Å². The number of benzene rings is 1. The fourth-order valence-corrected chi connectivity index (χ4v) is 3.38. The molecule has 0 aliphatic heterocycles. The molecule has 0 spiro atoms. The minimum absolute atomic E-state index is 0.105. The average Bonchev–Trinajstić information content (AvgIpc) is 2.46. The highest BCUT2D eigenvalue weighted by Gasteiger charge is 2.22. The largest absolute Gasteiger partial charge is 0.409 e. The Kier molecular flexibility index (Phi) is 4.10. The smallest absolute Gasteiger partial charge is 0.241 e. The van der Waals surface area contributed by atoms with Gasteiger partial charge in [0.25, 0.3) is 0 Å². The number of aryl methyl sites for hydroxylation is 1. The van der Waals surface area contributed by atoms with Crippen molar-refractivity contribution in [2.45, 2.75) is 24.8 Å². The number of rotatable bonds is 4. The van der Waals surface area contributed by atoms with Crippen molar-refractivity contribution in [3.8, 4) is 0 Å². The van der Waals surface area contributed by atoms with Crippen LogP contribution in [0.15, 0.2) is 40.5 Å². The summed E-state index contributed by atoms with van der Waals surface area (Å²) in [7, 11) is -3.82. The number of nitrogens with zero attached hydrogens (tertiary/aromatic N) is 2. The van der Waals surface area contributed by atoms with Crippen LogP contribution < -0.4 is 10.5 Å². The Labute approximate surface area is 122 Å². The standard InChI is InChI=1S/C13H16N4O3S/c1-8-5-6-11(10-4-3-7-15-12(8)10)21(19,20)17-9(2)13(14)16-18/h3-7,9,17-18H,1-2H3,(H2,14,16). The lowest BCUT2D eigenvalue weighted by atomic mass is 10.1. The molecule has 1 aromatic carbocycles. The summed E-state index contributed by atoms with van der Waals surface area (Å²) in [6.07, 6.45) is 1.61. The number of sulfonamides is 1. The molecule has 7 nitrogen and oxygen atoms in total. The van der Waals surface area contributed by atoms with E-state index in [9.17, 15) is 8.42 Å². The van der Waals surface area contributed by atoms with Crippen molar-refractivity contribution >= 4 is 26.8 Å². The number of hydrogen-bond acceptors (Lipinski definition) is 5. The highest BCUT2D eigenvalue weighted by atomic mass is 32.2. The third-order valence-corrected chi connectivity index (χ3v) is 4.71. The molecule has 0 aliphatic rings. The quantitative estimate of drug-likeness (QED) is 0.336. The first-order valence-corrected chi connectivity index (χ1v) is 7.69. The number of amidine groups is 1. The number of aromatic nitrogens is 1. The SMILES string of the molecule is Cc1ccc(S(=O)(=O)NC(C)/C(N)=N/O)c2cccnc12. The summed E-state index contributed by atoms with van der Waals surface area (Å²) in [5.74, 6) is -0.215. The predicted octanol–water partition coefficient (Wildman–Crippen LogP) is 0.956. The van der Waals surface area contributed by atoms with Crippen LogP contribution in [-0.4, -0.2) is 30.5 Å². The van der Waals surface area contributed by atoms with Crippen LogP contribution in [0.3, 0.4) is 0 Å². The molecule has 0 fully saturated rings. The molecule has 21 heavy (non-hydrogen) atoms. The van der Waals surface area contributed by atoms with Gasteiger partial charge in [-0.3, -0.25) is 4.98 Å². The molecule has 0 radical (unpaired) electrons. The summed E-state index contributed by atoms with van der Waals surface area (Å²) in [6, 6.07) is 5.75. The summed E-state index contributed by atoms with van der Waals surface area (Å²) in [4.78, 5) is 4.31. The zero-order chi connectivity index (χ0) is 15.6. The molecule has 2 rings (SSSR count). The fraction of sp³-hybridized carbons (Fsp3) is 0.231. The van der Waals surface area contributed by atoms with Gasteiger partial charge in [0.1, 0.15) is 0 Å². The second kappa shape index (κ2) is 5.66. The first-order chi connectivity index (χ1) is 9.86. The maximum absolute atomic E-state index is 12.5. The number of oxime groups is 1. The molecule has 1 aromatic heterocycles. The van der Waals surface area contributed by atoms with Gasteiger partial charge < -0.3 is 10.9 Å². The lowest BCUT2D eigenvalue weighted by Crippen LogP contribution is -2.42. The summed E-state index contributed by atoms with van der Waals surface area (Å²) in [6.45, 7) is 3.35. The Balaban J connectivity index is 2.54. The molecular formula is C13H16N4O3S. The topological polar surface area (TPSA) is 118 Å². The number of fused-ring (bicyclic) bond motifs is 1. The van der Waals surface area contributed by atoms with Crippen molar-refractivity contribution in [3.63, 3.8) is 0 Å². The average molecular weight is 308 g/mol. The number of nitrogens with one attached hydrogen (secondary N) is 1. The van der Waals surface area contributed by atoms with Crippen LogP contribution in [0.4, 0.5) is 0 Å². The molecule has 1 heterocycles. The van der Waals surface area contributed by atoms with Gasteiger partial charge in [0.2, 0.25) is 10.0 Å². The second-order valence-corrected chi connectivity index (χ2v) is 6.33. The van der Waals surface area contributed by atoms with Crippen LogP contribution in [0.5, 0.6) is 0 Å². The minimum atomic E-state index is -3.82. The summed E-state index contributed by atoms with van der Waals surface area (Å²) in [5.41, 5.74) is 6.90. The van der Waals surface area contributed by atoms with Gasteiger partial charge >= 0.3 is 0 Å². The van der Waals surface area contributed by atoms with Gasteiger partial charge in [-0.15, -0.1) is 0 Å². The van der Waals surface area contributed by atoms with Crippen molar-refractivity contribution in [1.82, 2.24) is 9.71 Å². The molecular weight excluding hydrogens is 292 g/mol. The molecule has 4 N–H and O–H groups in total. The third-order valence-electron chi connectivity index (χ3n) is 3.11. The normalized spacial score (nSPS) is 14.3. The van der Waals surface area contributed by atoms with Gasteiger partial charge in [-0.25, -0.2) is 13.1 Å². The van der Waals surface area contributed by atoms with E-state index in [1.807, 2.05) is 6.92 Å². The van der Waals surface area contributed by atoms with Gasteiger partial charge in [-0.05, 0) is 37.6 Å².